The van der Waals surface area contributed by atoms with Crippen LogP contribution in [0.4, 0.5) is 11.4 Å². The van der Waals surface area contributed by atoms with Crippen molar-refractivity contribution in [2.45, 2.75) is 38.5 Å². The predicted molar refractivity (Wildman–Crippen MR) is 104 cm³/mol. The number of anilines is 2. The standard InChI is InChI=1S/C20H26N2O2S/c1-4-16-5-7-18(8-6-16)22(14-15(2)3)25(23,24)19-9-10-20-17(13-19)11-12-21-20/h5-10,13,15,21H,4,11-12,14H2,1-3H3. The number of hydrogen-bond donors (Lipinski definition) is 1. The van der Waals surface area contributed by atoms with Crippen molar-refractivity contribution in [2.75, 3.05) is 22.7 Å². The van der Waals surface area contributed by atoms with E-state index in [1.165, 1.54) is 5.56 Å². The Morgan fingerprint density at radius 3 is 2.48 bits per heavy atom. The Morgan fingerprint density at radius 2 is 1.84 bits per heavy atom. The van der Waals surface area contributed by atoms with E-state index in [0.717, 1.165) is 36.3 Å². The Labute approximate surface area is 150 Å². The van der Waals surface area contributed by atoms with E-state index < -0.39 is 10.0 Å². The van der Waals surface area contributed by atoms with E-state index in [-0.39, 0.29) is 5.92 Å². The van der Waals surface area contributed by atoms with Gasteiger partial charge in [-0.1, -0.05) is 32.9 Å². The maximum absolute atomic E-state index is 13.3. The van der Waals surface area contributed by atoms with Crippen LogP contribution in [-0.2, 0) is 22.9 Å². The fraction of sp³-hybridized carbons (Fsp3) is 0.400. The van der Waals surface area contributed by atoms with Gasteiger partial charge in [-0.2, -0.15) is 0 Å². The van der Waals surface area contributed by atoms with Crippen molar-refractivity contribution in [1.29, 1.82) is 0 Å². The van der Waals surface area contributed by atoms with Gasteiger partial charge in [-0.3, -0.25) is 4.31 Å². The first-order valence-corrected chi connectivity index (χ1v) is 10.3. The molecule has 2 aromatic rings. The minimum Gasteiger partial charge on any atom is -0.384 e. The zero-order valence-corrected chi connectivity index (χ0v) is 15.9. The molecule has 0 saturated heterocycles. The number of nitrogens with one attached hydrogen (secondary N) is 1. The van der Waals surface area contributed by atoms with Crippen LogP contribution in [0.25, 0.3) is 0 Å². The molecule has 1 aliphatic heterocycles. The van der Waals surface area contributed by atoms with Gasteiger partial charge in [0.25, 0.3) is 10.0 Å². The van der Waals surface area contributed by atoms with Gasteiger partial charge in [0.2, 0.25) is 0 Å². The lowest BCUT2D eigenvalue weighted by atomic mass is 10.1. The fourth-order valence-electron chi connectivity index (χ4n) is 3.14. The number of rotatable bonds is 6. The molecule has 1 heterocycles. The summed E-state index contributed by atoms with van der Waals surface area (Å²) in [6.45, 7) is 7.50. The van der Waals surface area contributed by atoms with E-state index in [0.29, 0.717) is 11.4 Å². The quantitative estimate of drug-likeness (QED) is 0.847. The third-order valence-electron chi connectivity index (χ3n) is 4.54. The second-order valence-corrected chi connectivity index (χ2v) is 8.81. The van der Waals surface area contributed by atoms with Crippen LogP contribution in [-0.4, -0.2) is 21.5 Å². The Hall–Kier alpha value is -2.01. The first-order chi connectivity index (χ1) is 11.9. The molecule has 5 heteroatoms. The molecule has 3 rings (SSSR count). The summed E-state index contributed by atoms with van der Waals surface area (Å²) in [6.07, 6.45) is 1.81. The zero-order chi connectivity index (χ0) is 18.0. The summed E-state index contributed by atoms with van der Waals surface area (Å²) < 4.78 is 28.2. The van der Waals surface area contributed by atoms with Crippen LogP contribution < -0.4 is 9.62 Å². The largest absolute Gasteiger partial charge is 0.384 e. The highest BCUT2D eigenvalue weighted by atomic mass is 32.2. The van der Waals surface area contributed by atoms with Crippen LogP contribution in [0.1, 0.15) is 31.9 Å². The van der Waals surface area contributed by atoms with Crippen LogP contribution in [0.15, 0.2) is 47.4 Å². The Kier molecular flexibility index (Phi) is 5.04. The molecule has 25 heavy (non-hydrogen) atoms. The summed E-state index contributed by atoms with van der Waals surface area (Å²) in [5.41, 5.74) is 4.05. The molecular weight excluding hydrogens is 332 g/mol. The normalized spacial score (nSPS) is 13.6. The van der Waals surface area contributed by atoms with Gasteiger partial charge >= 0.3 is 0 Å². The average Bonchev–Trinajstić information content (AvgIpc) is 3.07. The number of aryl methyl sites for hydroxylation is 1. The van der Waals surface area contributed by atoms with Crippen molar-refractivity contribution < 1.29 is 8.42 Å². The summed E-state index contributed by atoms with van der Waals surface area (Å²) in [5, 5.41) is 3.28. The number of nitrogens with zero attached hydrogens (tertiary/aromatic N) is 1. The molecule has 0 fully saturated rings. The van der Waals surface area contributed by atoms with Crippen molar-refractivity contribution in [3.63, 3.8) is 0 Å². The van der Waals surface area contributed by atoms with Gasteiger partial charge in [0.05, 0.1) is 10.6 Å². The molecular formula is C20H26N2O2S. The molecule has 134 valence electrons. The second-order valence-electron chi connectivity index (χ2n) is 6.95. The third kappa shape index (κ3) is 3.66. The minimum atomic E-state index is -3.58. The van der Waals surface area contributed by atoms with E-state index >= 15 is 0 Å². The maximum Gasteiger partial charge on any atom is 0.264 e. The van der Waals surface area contributed by atoms with E-state index in [9.17, 15) is 8.42 Å². The molecule has 0 unspecified atom stereocenters. The predicted octanol–water partition coefficient (Wildman–Crippen LogP) is 4.07. The summed E-state index contributed by atoms with van der Waals surface area (Å²) >= 11 is 0. The lowest BCUT2D eigenvalue weighted by Gasteiger charge is -2.26. The van der Waals surface area contributed by atoms with Gasteiger partial charge in [0.15, 0.2) is 0 Å². The molecule has 4 nitrogen and oxygen atoms in total. The topological polar surface area (TPSA) is 49.4 Å². The highest BCUT2D eigenvalue weighted by Crippen LogP contribution is 2.29. The lowest BCUT2D eigenvalue weighted by molar-refractivity contribution is 0.577. The van der Waals surface area contributed by atoms with E-state index in [1.54, 1.807) is 10.4 Å². The van der Waals surface area contributed by atoms with Crippen molar-refractivity contribution in [1.82, 2.24) is 0 Å². The van der Waals surface area contributed by atoms with Crippen molar-refractivity contribution in [2.24, 2.45) is 5.92 Å². The van der Waals surface area contributed by atoms with Crippen LogP contribution in [0, 0.1) is 5.92 Å². The Morgan fingerprint density at radius 1 is 1.12 bits per heavy atom. The first-order valence-electron chi connectivity index (χ1n) is 8.90. The molecule has 0 atom stereocenters. The van der Waals surface area contributed by atoms with Gasteiger partial charge in [-0.15, -0.1) is 0 Å². The number of hydrogen-bond acceptors (Lipinski definition) is 3. The van der Waals surface area contributed by atoms with Crippen LogP contribution >= 0.6 is 0 Å². The highest BCUT2D eigenvalue weighted by Gasteiger charge is 2.27. The molecule has 1 N–H and O–H groups in total. The van der Waals surface area contributed by atoms with Crippen LogP contribution in [0.5, 0.6) is 0 Å². The van der Waals surface area contributed by atoms with Crippen molar-refractivity contribution >= 4 is 21.4 Å². The smallest absolute Gasteiger partial charge is 0.264 e. The summed E-state index contributed by atoms with van der Waals surface area (Å²) in [6, 6.07) is 13.2. The molecule has 1 aliphatic rings. The Balaban J connectivity index is 2.01. The number of benzene rings is 2. The van der Waals surface area contributed by atoms with Gasteiger partial charge in [0.1, 0.15) is 0 Å². The third-order valence-corrected chi connectivity index (χ3v) is 6.33. The molecule has 0 amide bonds. The van der Waals surface area contributed by atoms with Crippen molar-refractivity contribution in [3.8, 4) is 0 Å². The summed E-state index contributed by atoms with van der Waals surface area (Å²) in [4.78, 5) is 0.371. The monoisotopic (exact) mass is 358 g/mol. The van der Waals surface area contributed by atoms with Gasteiger partial charge in [-0.25, -0.2) is 8.42 Å². The van der Waals surface area contributed by atoms with Crippen LogP contribution in [0.2, 0.25) is 0 Å². The summed E-state index contributed by atoms with van der Waals surface area (Å²) in [7, 11) is -3.58. The fourth-order valence-corrected chi connectivity index (χ4v) is 4.82. The van der Waals surface area contributed by atoms with Gasteiger partial charge < -0.3 is 5.32 Å². The van der Waals surface area contributed by atoms with E-state index in [1.807, 2.05) is 50.2 Å². The van der Waals surface area contributed by atoms with Gasteiger partial charge in [0, 0.05) is 18.8 Å². The average molecular weight is 359 g/mol. The van der Waals surface area contributed by atoms with Gasteiger partial charge in [-0.05, 0) is 60.2 Å². The van der Waals surface area contributed by atoms with E-state index in [2.05, 4.69) is 12.2 Å². The van der Waals surface area contributed by atoms with Crippen molar-refractivity contribution in [3.05, 3.63) is 53.6 Å². The summed E-state index contributed by atoms with van der Waals surface area (Å²) in [5.74, 6) is 0.233. The minimum absolute atomic E-state index is 0.233. The molecule has 0 aromatic heterocycles. The second kappa shape index (κ2) is 7.08. The molecule has 0 saturated carbocycles. The SMILES string of the molecule is CCc1ccc(N(CC(C)C)S(=O)(=O)c2ccc3c(c2)CCN3)cc1. The molecule has 0 spiro atoms. The maximum atomic E-state index is 13.3. The lowest BCUT2D eigenvalue weighted by Crippen LogP contribution is -2.34. The number of sulfonamides is 1. The Bertz CT molecular complexity index is 842. The molecule has 2 aromatic carbocycles. The van der Waals surface area contributed by atoms with E-state index in [4.69, 9.17) is 0 Å². The molecule has 0 aliphatic carbocycles. The first kappa shape index (κ1) is 17.8. The van der Waals surface area contributed by atoms with Crippen LogP contribution in [0.3, 0.4) is 0 Å². The molecule has 0 bridgehead atoms. The number of fused-ring (bicyclic) bond motifs is 1. The highest BCUT2D eigenvalue weighted by molar-refractivity contribution is 7.92. The molecule has 0 radical (unpaired) electrons. The zero-order valence-electron chi connectivity index (χ0n) is 15.1.